The average Bonchev–Trinajstić information content (AvgIpc) is 3.63. The third kappa shape index (κ3) is 6.03. The van der Waals surface area contributed by atoms with Gasteiger partial charge in [-0.05, 0) is 25.0 Å². The van der Waals surface area contributed by atoms with Gasteiger partial charge in [0.1, 0.15) is 35.8 Å². The molecule has 2 aromatic heterocycles. The first-order chi connectivity index (χ1) is 20.0. The number of hydrogen-bond donors (Lipinski definition) is 2. The van der Waals surface area contributed by atoms with Gasteiger partial charge in [-0.2, -0.15) is 0 Å². The molecule has 0 saturated carbocycles. The fourth-order valence-corrected chi connectivity index (χ4v) is 5.54. The Balaban J connectivity index is 1.40. The van der Waals surface area contributed by atoms with E-state index in [1.165, 1.54) is 20.0 Å². The van der Waals surface area contributed by atoms with Crippen LogP contribution in [-0.4, -0.2) is 91.3 Å². The molecule has 0 spiro atoms. The molecular formula is C27H30F3N5O7. The van der Waals surface area contributed by atoms with Crippen LogP contribution in [0.15, 0.2) is 28.9 Å². The molecule has 12 nitrogen and oxygen atoms in total. The van der Waals surface area contributed by atoms with Gasteiger partial charge in [0.25, 0.3) is 0 Å². The summed E-state index contributed by atoms with van der Waals surface area (Å²) in [5, 5.41) is 33.1. The van der Waals surface area contributed by atoms with Crippen molar-refractivity contribution >= 4 is 11.9 Å². The molecule has 2 N–H and O–H groups in total. The van der Waals surface area contributed by atoms with Gasteiger partial charge in [-0.1, -0.05) is 10.4 Å². The minimum Gasteiger partial charge on any atom is -0.457 e. The molecule has 2 aliphatic heterocycles. The predicted molar refractivity (Wildman–Crippen MR) is 136 cm³/mol. The highest BCUT2D eigenvalue weighted by molar-refractivity contribution is 5.73. The summed E-state index contributed by atoms with van der Waals surface area (Å²) in [4.78, 5) is 25.5. The van der Waals surface area contributed by atoms with Crippen molar-refractivity contribution in [1.29, 1.82) is 0 Å². The first kappa shape index (κ1) is 29.7. The van der Waals surface area contributed by atoms with Crippen LogP contribution < -0.4 is 0 Å². The van der Waals surface area contributed by atoms with Crippen molar-refractivity contribution < 1.29 is 47.0 Å². The third-order valence-electron chi connectivity index (χ3n) is 7.69. The zero-order valence-electron chi connectivity index (χ0n) is 22.8. The van der Waals surface area contributed by atoms with Crippen LogP contribution in [0, 0.1) is 17.5 Å². The van der Waals surface area contributed by atoms with E-state index in [9.17, 15) is 33.0 Å². The maximum Gasteiger partial charge on any atom is 0.303 e. The summed E-state index contributed by atoms with van der Waals surface area (Å²) in [6.07, 6.45) is -1.89. The molecule has 0 aliphatic carbocycles. The van der Waals surface area contributed by atoms with Crippen LogP contribution in [-0.2, 0) is 25.5 Å². The summed E-state index contributed by atoms with van der Waals surface area (Å²) in [6.45, 7) is 3.33. The molecule has 2 fully saturated rings. The number of carbonyl (C=O) groups excluding carboxylic acids is 2. The maximum atomic E-state index is 13.8. The van der Waals surface area contributed by atoms with Crippen molar-refractivity contribution in [3.63, 3.8) is 0 Å². The SMILES string of the molecule is CC(=O)O[C@@H]1[C@@H](n2cc(-c3cc(F)c(F)c(F)c3)nn2)[C@@H](O)[C@@H](CO)O[C@@H]1Cc1cc(C2CCN(C(C)=O)CC2)on1. The van der Waals surface area contributed by atoms with E-state index >= 15 is 0 Å². The highest BCUT2D eigenvalue weighted by Crippen LogP contribution is 2.35. The lowest BCUT2D eigenvalue weighted by molar-refractivity contribution is -0.217. The summed E-state index contributed by atoms with van der Waals surface area (Å²) in [5.74, 6) is -4.43. The molecule has 5 atom stereocenters. The Morgan fingerprint density at radius 2 is 1.79 bits per heavy atom. The number of rotatable bonds is 7. The highest BCUT2D eigenvalue weighted by Gasteiger charge is 2.49. The van der Waals surface area contributed by atoms with Crippen LogP contribution in [0.4, 0.5) is 13.2 Å². The Kier molecular flexibility index (Phi) is 8.61. The Labute approximate surface area is 238 Å². The average molecular weight is 594 g/mol. The number of nitrogens with zero attached hydrogens (tertiary/aromatic N) is 5. The Bertz CT molecular complexity index is 1420. The lowest BCUT2D eigenvalue weighted by atomic mass is 9.89. The van der Waals surface area contributed by atoms with Crippen LogP contribution in [0.25, 0.3) is 11.3 Å². The third-order valence-corrected chi connectivity index (χ3v) is 7.69. The van der Waals surface area contributed by atoms with E-state index in [4.69, 9.17) is 14.0 Å². The van der Waals surface area contributed by atoms with E-state index in [-0.39, 0.29) is 29.5 Å². The molecule has 226 valence electrons. The van der Waals surface area contributed by atoms with Crippen LogP contribution in [0.1, 0.15) is 50.1 Å². The first-order valence-corrected chi connectivity index (χ1v) is 13.4. The van der Waals surface area contributed by atoms with Crippen molar-refractivity contribution in [1.82, 2.24) is 25.1 Å². The Morgan fingerprint density at radius 1 is 1.10 bits per heavy atom. The molecular weight excluding hydrogens is 563 g/mol. The van der Waals surface area contributed by atoms with Crippen molar-refractivity contribution in [2.75, 3.05) is 19.7 Å². The van der Waals surface area contributed by atoms with E-state index in [1.54, 1.807) is 11.0 Å². The van der Waals surface area contributed by atoms with Gasteiger partial charge in [0.15, 0.2) is 23.6 Å². The maximum absolute atomic E-state index is 13.8. The Morgan fingerprint density at radius 3 is 2.40 bits per heavy atom. The van der Waals surface area contributed by atoms with E-state index in [0.29, 0.717) is 37.4 Å². The number of esters is 1. The monoisotopic (exact) mass is 593 g/mol. The second-order valence-electron chi connectivity index (χ2n) is 10.5. The minimum absolute atomic E-state index is 0.0179. The van der Waals surface area contributed by atoms with E-state index in [1.807, 2.05) is 0 Å². The van der Waals surface area contributed by atoms with E-state index < -0.39 is 60.5 Å². The number of benzene rings is 1. The summed E-state index contributed by atoms with van der Waals surface area (Å²) in [6, 6.07) is 2.13. The summed E-state index contributed by atoms with van der Waals surface area (Å²) < 4.78 is 59.4. The summed E-state index contributed by atoms with van der Waals surface area (Å²) in [5.41, 5.74) is 0.328. The quantitative estimate of drug-likeness (QED) is 0.307. The molecule has 0 unspecified atom stereocenters. The smallest absolute Gasteiger partial charge is 0.303 e. The van der Waals surface area contributed by atoms with Gasteiger partial charge in [-0.15, -0.1) is 5.10 Å². The van der Waals surface area contributed by atoms with Gasteiger partial charge in [0.2, 0.25) is 5.91 Å². The largest absolute Gasteiger partial charge is 0.457 e. The molecule has 1 amide bonds. The zero-order chi connectivity index (χ0) is 30.1. The fraction of sp³-hybridized carbons (Fsp3) is 0.519. The molecule has 15 heteroatoms. The van der Waals surface area contributed by atoms with Crippen molar-refractivity contribution in [2.45, 2.75) is 69.5 Å². The van der Waals surface area contributed by atoms with Crippen LogP contribution in [0.3, 0.4) is 0 Å². The number of ether oxygens (including phenoxy) is 2. The van der Waals surface area contributed by atoms with Gasteiger partial charge in [-0.25, -0.2) is 17.9 Å². The molecule has 2 saturated heterocycles. The highest BCUT2D eigenvalue weighted by atomic mass is 19.2. The summed E-state index contributed by atoms with van der Waals surface area (Å²) >= 11 is 0. The number of piperidine rings is 1. The molecule has 2 aliphatic rings. The van der Waals surface area contributed by atoms with Crippen LogP contribution >= 0.6 is 0 Å². The lowest BCUT2D eigenvalue weighted by Gasteiger charge is -2.43. The molecule has 3 aromatic rings. The first-order valence-electron chi connectivity index (χ1n) is 13.4. The van der Waals surface area contributed by atoms with Gasteiger partial charge < -0.3 is 29.1 Å². The number of halogens is 3. The van der Waals surface area contributed by atoms with Gasteiger partial charge in [0, 0.05) is 50.9 Å². The van der Waals surface area contributed by atoms with Gasteiger partial charge in [-0.3, -0.25) is 9.59 Å². The summed E-state index contributed by atoms with van der Waals surface area (Å²) in [7, 11) is 0. The van der Waals surface area contributed by atoms with Gasteiger partial charge >= 0.3 is 5.97 Å². The van der Waals surface area contributed by atoms with Crippen molar-refractivity contribution in [3.05, 3.63) is 53.3 Å². The molecule has 4 heterocycles. The van der Waals surface area contributed by atoms with Crippen molar-refractivity contribution in [3.8, 4) is 11.3 Å². The molecule has 5 rings (SSSR count). The zero-order valence-corrected chi connectivity index (χ0v) is 22.8. The van der Waals surface area contributed by atoms with Crippen LogP contribution in [0.2, 0.25) is 0 Å². The minimum atomic E-state index is -1.63. The van der Waals surface area contributed by atoms with Crippen molar-refractivity contribution in [2.24, 2.45) is 0 Å². The number of likely N-dealkylation sites (tertiary alicyclic amines) is 1. The number of carbonyl (C=O) groups is 2. The number of amides is 1. The van der Waals surface area contributed by atoms with Gasteiger partial charge in [0.05, 0.1) is 18.5 Å². The number of aromatic nitrogens is 4. The van der Waals surface area contributed by atoms with E-state index in [2.05, 4.69) is 15.5 Å². The number of aliphatic hydroxyl groups excluding tert-OH is 2. The second-order valence-corrected chi connectivity index (χ2v) is 10.5. The molecule has 1 aromatic carbocycles. The number of aliphatic hydroxyl groups is 2. The molecule has 0 bridgehead atoms. The topological polar surface area (TPSA) is 153 Å². The fourth-order valence-electron chi connectivity index (χ4n) is 5.54. The molecule has 42 heavy (non-hydrogen) atoms. The molecule has 0 radical (unpaired) electrons. The van der Waals surface area contributed by atoms with Crippen LogP contribution in [0.5, 0.6) is 0 Å². The normalized spacial score (nSPS) is 25.0. The van der Waals surface area contributed by atoms with E-state index in [0.717, 1.165) is 16.8 Å². The Hall–Kier alpha value is -3.82. The second kappa shape index (κ2) is 12.2. The lowest BCUT2D eigenvalue weighted by Crippen LogP contribution is -2.57. The number of hydrogen-bond acceptors (Lipinski definition) is 10. The predicted octanol–water partition coefficient (Wildman–Crippen LogP) is 1.91. The standard InChI is InChI=1S/C27H30F3N5O7/c1-13(37)34-5-3-15(4-6-34)21-9-17(32-42-21)10-22-27(40-14(2)38)25(26(39)23(12-36)41-22)35-11-20(31-33-35)16-7-18(28)24(30)19(29)8-16/h7-9,11,15,22-23,25-27,36,39H,3-6,10,12H2,1-2H3/t22-,23-,25+,26+,27+/m1/s1.